The van der Waals surface area contributed by atoms with Crippen LogP contribution in [-0.4, -0.2) is 62.5 Å². The molecule has 3 rings (SSSR count). The summed E-state index contributed by atoms with van der Waals surface area (Å²) in [5, 5.41) is 10.7. The smallest absolute Gasteiger partial charge is 0.389 e. The van der Waals surface area contributed by atoms with Crippen LogP contribution in [0.5, 0.6) is 0 Å². The first-order valence-electron chi connectivity index (χ1n) is 8.61. The second-order valence-electron chi connectivity index (χ2n) is 6.91. The lowest BCUT2D eigenvalue weighted by Gasteiger charge is -2.28. The third kappa shape index (κ3) is 5.67. The van der Waals surface area contributed by atoms with Crippen molar-refractivity contribution in [2.45, 2.75) is 24.9 Å². The average Bonchev–Trinajstić information content (AvgIpc) is 3.18. The topological polar surface area (TPSA) is 259 Å². The van der Waals surface area contributed by atoms with Gasteiger partial charge in [-0.15, -0.1) is 6.42 Å². The minimum atomic E-state index is -5.71. The number of nitrogen functional groups attached to an aromatic ring is 1. The van der Waals surface area contributed by atoms with Gasteiger partial charge in [-0.25, -0.2) is 28.6 Å². The Morgan fingerprint density at radius 1 is 1.21 bits per heavy atom. The molecule has 182 valence electrons. The fourth-order valence-electron chi connectivity index (χ4n) is 3.05. The Labute approximate surface area is 185 Å². The number of nitrogens with two attached hydrogens (primary N) is 1. The van der Waals surface area contributed by atoms with Gasteiger partial charge in [0.2, 0.25) is 0 Å². The van der Waals surface area contributed by atoms with E-state index < -0.39 is 53.9 Å². The maximum Gasteiger partial charge on any atom is 0.490 e. The zero-order chi connectivity index (χ0) is 24.8. The molecule has 6 atom stereocenters. The maximum atomic E-state index is 12.0. The minimum Gasteiger partial charge on any atom is -0.389 e. The molecule has 0 radical (unpaired) electrons. The summed E-state index contributed by atoms with van der Waals surface area (Å²) in [5.41, 5.74) is 4.42. The second kappa shape index (κ2) is 8.79. The van der Waals surface area contributed by atoms with Crippen molar-refractivity contribution in [3.05, 3.63) is 12.7 Å². The first kappa shape index (κ1) is 25.9. The van der Waals surface area contributed by atoms with E-state index >= 15 is 0 Å². The number of anilines is 1. The van der Waals surface area contributed by atoms with Gasteiger partial charge in [0.05, 0.1) is 18.9 Å². The van der Waals surface area contributed by atoms with E-state index in [1.165, 1.54) is 24.1 Å². The quantitative estimate of drug-likeness (QED) is 0.188. The van der Waals surface area contributed by atoms with E-state index in [0.717, 1.165) is 0 Å². The van der Waals surface area contributed by atoms with Crippen molar-refractivity contribution in [2.24, 2.45) is 5.92 Å². The number of ether oxygens (including phenoxy) is 1. The molecule has 1 aliphatic heterocycles. The largest absolute Gasteiger partial charge is 0.490 e. The van der Waals surface area contributed by atoms with Gasteiger partial charge < -0.3 is 35.2 Å². The molecule has 0 aliphatic carbocycles. The number of hydrogen-bond donors (Lipinski definition) is 6. The van der Waals surface area contributed by atoms with E-state index in [9.17, 15) is 28.6 Å². The Morgan fingerprint density at radius 3 is 2.48 bits per heavy atom. The Morgan fingerprint density at radius 2 is 1.88 bits per heavy atom. The summed E-state index contributed by atoms with van der Waals surface area (Å²) in [5.74, 6) is 1.37. The lowest BCUT2D eigenvalue weighted by Crippen LogP contribution is -2.42. The van der Waals surface area contributed by atoms with E-state index in [2.05, 4.69) is 34.0 Å². The molecular formula is C13H18N5O12P3. The van der Waals surface area contributed by atoms with Gasteiger partial charge >= 0.3 is 23.5 Å². The van der Waals surface area contributed by atoms with E-state index in [4.69, 9.17) is 26.7 Å². The molecule has 0 bridgehead atoms. The predicted octanol–water partition coefficient (Wildman–Crippen LogP) is -0.350. The van der Waals surface area contributed by atoms with Crippen molar-refractivity contribution in [2.75, 3.05) is 12.3 Å². The molecule has 17 nitrogen and oxygen atoms in total. The summed E-state index contributed by atoms with van der Waals surface area (Å²) in [7, 11) is -16.7. The van der Waals surface area contributed by atoms with Gasteiger partial charge in [0.25, 0.3) is 0 Å². The fraction of sp³-hybridized carbons (Fsp3) is 0.462. The lowest BCUT2D eigenvalue weighted by molar-refractivity contribution is -0.113. The van der Waals surface area contributed by atoms with Gasteiger partial charge in [-0.3, -0.25) is 9.09 Å². The molecule has 1 saturated heterocycles. The summed E-state index contributed by atoms with van der Waals surface area (Å²) in [6.07, 6.45) is 5.38. The number of terminal acetylenes is 1. The van der Waals surface area contributed by atoms with Gasteiger partial charge in [-0.2, -0.15) is 8.62 Å². The molecule has 2 aromatic heterocycles. The molecule has 0 spiro atoms. The number of hydrogen-bond acceptors (Lipinski definition) is 12. The summed E-state index contributed by atoms with van der Waals surface area (Å²) >= 11 is 0. The van der Waals surface area contributed by atoms with Crippen LogP contribution in [0, 0.1) is 18.3 Å². The van der Waals surface area contributed by atoms with Crippen LogP contribution in [-0.2, 0) is 31.6 Å². The SMILES string of the molecule is C#C[C@@H]1[C@H](n2cnc3c(N)ncnc32)O[C@](C)(COP(=O)(O)OP(=O)(O)OP(=O)(O)O)[C@H]1O. The maximum absolute atomic E-state index is 12.0. The van der Waals surface area contributed by atoms with Gasteiger partial charge in [-0.1, -0.05) is 5.92 Å². The first-order chi connectivity index (χ1) is 15.1. The lowest BCUT2D eigenvalue weighted by atomic mass is 9.92. The van der Waals surface area contributed by atoms with E-state index in [1.54, 1.807) is 0 Å². The van der Waals surface area contributed by atoms with Crippen LogP contribution in [0.15, 0.2) is 12.7 Å². The number of imidazole rings is 1. The van der Waals surface area contributed by atoms with Gasteiger partial charge in [0.15, 0.2) is 17.7 Å². The highest BCUT2D eigenvalue weighted by atomic mass is 31.3. The van der Waals surface area contributed by atoms with Crippen molar-refractivity contribution in [3.8, 4) is 12.3 Å². The van der Waals surface area contributed by atoms with Crippen molar-refractivity contribution in [3.63, 3.8) is 0 Å². The van der Waals surface area contributed by atoms with Gasteiger partial charge in [-0.05, 0) is 6.92 Å². The fourth-order valence-corrected chi connectivity index (χ4v) is 6.16. The predicted molar refractivity (Wildman–Crippen MR) is 106 cm³/mol. The number of phosphoric acid groups is 3. The van der Waals surface area contributed by atoms with Crippen LogP contribution < -0.4 is 5.73 Å². The Balaban J connectivity index is 1.80. The van der Waals surface area contributed by atoms with Crippen molar-refractivity contribution >= 4 is 40.4 Å². The average molecular weight is 529 g/mol. The van der Waals surface area contributed by atoms with Crippen molar-refractivity contribution < 1.29 is 56.3 Å². The van der Waals surface area contributed by atoms with Crippen LogP contribution >= 0.6 is 23.5 Å². The second-order valence-corrected chi connectivity index (χ2v) is 11.3. The third-order valence-electron chi connectivity index (χ3n) is 4.45. The molecule has 0 amide bonds. The van der Waals surface area contributed by atoms with Crippen LogP contribution in [0.3, 0.4) is 0 Å². The molecule has 0 aromatic carbocycles. The number of aromatic nitrogens is 4. The molecule has 7 N–H and O–H groups in total. The number of rotatable bonds is 8. The van der Waals surface area contributed by atoms with Gasteiger partial charge in [0, 0.05) is 0 Å². The number of aliphatic hydroxyl groups is 1. The van der Waals surface area contributed by atoms with E-state index in [-0.39, 0.29) is 17.0 Å². The molecule has 2 aromatic rings. The molecule has 1 fully saturated rings. The van der Waals surface area contributed by atoms with E-state index in [0.29, 0.717) is 0 Å². The van der Waals surface area contributed by atoms with Crippen LogP contribution in [0.2, 0.25) is 0 Å². The highest BCUT2D eigenvalue weighted by Crippen LogP contribution is 2.66. The number of nitrogens with zero attached hydrogens (tertiary/aromatic N) is 4. The van der Waals surface area contributed by atoms with Gasteiger partial charge in [0.1, 0.15) is 23.5 Å². The summed E-state index contributed by atoms with van der Waals surface area (Å²) in [4.78, 5) is 48.0. The minimum absolute atomic E-state index is 0.0740. The molecule has 0 saturated carbocycles. The Bertz CT molecular complexity index is 1240. The molecule has 20 heteroatoms. The number of fused-ring (bicyclic) bond motifs is 1. The van der Waals surface area contributed by atoms with Crippen molar-refractivity contribution in [1.82, 2.24) is 19.5 Å². The summed E-state index contributed by atoms with van der Waals surface area (Å²) < 4.78 is 53.2. The van der Waals surface area contributed by atoms with Crippen LogP contribution in [0.1, 0.15) is 13.2 Å². The molecule has 2 unspecified atom stereocenters. The molecule has 3 heterocycles. The monoisotopic (exact) mass is 529 g/mol. The van der Waals surface area contributed by atoms with E-state index in [1.807, 2.05) is 0 Å². The highest BCUT2D eigenvalue weighted by molar-refractivity contribution is 7.66. The molecule has 33 heavy (non-hydrogen) atoms. The normalized spacial score (nSPS) is 29.4. The van der Waals surface area contributed by atoms with Crippen molar-refractivity contribution in [1.29, 1.82) is 0 Å². The van der Waals surface area contributed by atoms with Crippen LogP contribution in [0.4, 0.5) is 5.82 Å². The first-order valence-corrected chi connectivity index (χ1v) is 13.1. The summed E-state index contributed by atoms with van der Waals surface area (Å²) in [6.45, 7) is 0.339. The Kier molecular flexibility index (Phi) is 6.89. The highest BCUT2D eigenvalue weighted by Gasteiger charge is 2.54. The standard InChI is InChI=1S/C13H18N5O12P3/c1-3-7-9(19)13(2,4-27-32(23,24)30-33(25,26)29-31(20,21)22)28-12(7)18-6-17-8-10(14)15-5-16-11(8)18/h1,5-7,9,12,19H,4H2,2H3,(H,23,24)(H,25,26)(H2,14,15,16)(H2,20,21,22)/t7-,9-,12+,13+/m0/s1. The zero-order valence-corrected chi connectivity index (χ0v) is 19.2. The third-order valence-corrected chi connectivity index (χ3v) is 8.23. The molecular weight excluding hydrogens is 511 g/mol. The summed E-state index contributed by atoms with van der Waals surface area (Å²) in [6, 6.07) is 0. The molecule has 1 aliphatic rings. The zero-order valence-electron chi connectivity index (χ0n) is 16.5. The van der Waals surface area contributed by atoms with Crippen LogP contribution in [0.25, 0.3) is 11.2 Å². The number of phosphoric ester groups is 1. The number of aliphatic hydroxyl groups excluding tert-OH is 1. The Hall–Kier alpha value is -1.76.